The molecule has 0 aliphatic carbocycles. The minimum atomic E-state index is -0.650. The summed E-state index contributed by atoms with van der Waals surface area (Å²) in [6.07, 6.45) is 0. The summed E-state index contributed by atoms with van der Waals surface area (Å²) in [5, 5.41) is 2.77. The van der Waals surface area contributed by atoms with Gasteiger partial charge in [0.05, 0.1) is 7.11 Å². The number of rotatable bonds is 5. The summed E-state index contributed by atoms with van der Waals surface area (Å²) in [5.41, 5.74) is 2.06. The molecule has 0 bridgehead atoms. The second-order valence-corrected chi connectivity index (χ2v) is 7.25. The van der Waals surface area contributed by atoms with Gasteiger partial charge >= 0.3 is 5.97 Å². The van der Waals surface area contributed by atoms with Crippen molar-refractivity contribution in [3.05, 3.63) is 35.2 Å². The Morgan fingerprint density at radius 1 is 1.28 bits per heavy atom. The van der Waals surface area contributed by atoms with Crippen LogP contribution in [0.1, 0.15) is 42.5 Å². The van der Waals surface area contributed by atoms with Crippen molar-refractivity contribution >= 4 is 28.5 Å². The molecule has 1 N–H and O–H groups in total. The van der Waals surface area contributed by atoms with Gasteiger partial charge in [0.1, 0.15) is 5.75 Å². The number of ether oxygens (including phenoxy) is 2. The third-order valence-corrected chi connectivity index (χ3v) is 3.97. The van der Waals surface area contributed by atoms with Crippen LogP contribution in [-0.2, 0) is 14.9 Å². The molecular weight excluding hydrogens is 342 g/mol. The van der Waals surface area contributed by atoms with Crippen molar-refractivity contribution in [1.82, 2.24) is 9.36 Å². The molecule has 2 aromatic rings. The molecule has 2 rings (SSSR count). The maximum atomic E-state index is 12.0. The fourth-order valence-corrected chi connectivity index (χ4v) is 2.68. The molecule has 1 amide bonds. The number of nitrogens with one attached hydrogen (secondary N) is 1. The molecule has 0 aliphatic rings. The number of carbonyl (C=O) groups excluding carboxylic acids is 2. The van der Waals surface area contributed by atoms with Gasteiger partial charge in [-0.1, -0.05) is 38.5 Å². The molecule has 0 saturated carbocycles. The van der Waals surface area contributed by atoms with E-state index in [0.717, 1.165) is 22.7 Å². The van der Waals surface area contributed by atoms with Crippen molar-refractivity contribution < 1.29 is 19.1 Å². The number of esters is 1. The molecule has 1 heterocycles. The van der Waals surface area contributed by atoms with Crippen LogP contribution in [0.2, 0.25) is 0 Å². The van der Waals surface area contributed by atoms with E-state index in [2.05, 4.69) is 46.2 Å². The van der Waals surface area contributed by atoms with Gasteiger partial charge in [-0.15, -0.1) is 0 Å². The summed E-state index contributed by atoms with van der Waals surface area (Å²) < 4.78 is 14.0. The Hall–Kier alpha value is -2.48. The smallest absolute Gasteiger partial charge is 0.377 e. The van der Waals surface area contributed by atoms with Gasteiger partial charge in [-0.3, -0.25) is 10.1 Å². The second-order valence-electron chi connectivity index (χ2n) is 6.50. The number of carbonyl (C=O) groups is 2. The van der Waals surface area contributed by atoms with Crippen LogP contribution >= 0.6 is 11.5 Å². The first-order valence-corrected chi connectivity index (χ1v) is 8.44. The lowest BCUT2D eigenvalue weighted by Crippen LogP contribution is -2.22. The third kappa shape index (κ3) is 4.99. The van der Waals surface area contributed by atoms with Gasteiger partial charge < -0.3 is 9.47 Å². The molecule has 1 aromatic carbocycles. The van der Waals surface area contributed by atoms with E-state index >= 15 is 0 Å². The van der Waals surface area contributed by atoms with Crippen LogP contribution in [-0.4, -0.2) is 35.0 Å². The number of aryl methyl sites for hydroxylation is 1. The highest BCUT2D eigenvalue weighted by Gasteiger charge is 2.20. The zero-order valence-electron chi connectivity index (χ0n) is 14.9. The van der Waals surface area contributed by atoms with E-state index in [1.165, 1.54) is 7.11 Å². The maximum absolute atomic E-state index is 12.0. The normalized spacial score (nSPS) is 11.1. The van der Waals surface area contributed by atoms with E-state index < -0.39 is 5.97 Å². The number of hydrogen-bond acceptors (Lipinski definition) is 7. The summed E-state index contributed by atoms with van der Waals surface area (Å²) >= 11 is 0.903. The standard InChI is InChI=1S/C17H21N3O4S/c1-10-6-7-12(11(8-10)17(2,3)4)24-9-13(21)18-16-19-14(20-25-16)15(22)23-5/h6-8H,9H2,1-5H3,(H,18,19,20,21). The lowest BCUT2D eigenvalue weighted by molar-refractivity contribution is -0.118. The zero-order valence-corrected chi connectivity index (χ0v) is 15.7. The maximum Gasteiger partial charge on any atom is 0.377 e. The van der Waals surface area contributed by atoms with Crippen molar-refractivity contribution in [3.63, 3.8) is 0 Å². The van der Waals surface area contributed by atoms with Crippen molar-refractivity contribution in [2.24, 2.45) is 0 Å². The molecule has 7 nitrogen and oxygen atoms in total. The van der Waals surface area contributed by atoms with Crippen LogP contribution < -0.4 is 10.1 Å². The van der Waals surface area contributed by atoms with Gasteiger partial charge in [0.25, 0.3) is 11.7 Å². The van der Waals surface area contributed by atoms with Gasteiger partial charge in [-0.05, 0) is 24.0 Å². The average Bonchev–Trinajstić information content (AvgIpc) is 3.00. The van der Waals surface area contributed by atoms with E-state index in [-0.39, 0.29) is 28.9 Å². The number of amides is 1. The fraction of sp³-hybridized carbons (Fsp3) is 0.412. The Morgan fingerprint density at radius 2 is 2.00 bits per heavy atom. The van der Waals surface area contributed by atoms with Crippen LogP contribution in [0.5, 0.6) is 5.75 Å². The molecule has 134 valence electrons. The topological polar surface area (TPSA) is 90.4 Å². The third-order valence-electron chi connectivity index (χ3n) is 3.34. The van der Waals surface area contributed by atoms with Gasteiger partial charge in [-0.25, -0.2) is 4.79 Å². The average molecular weight is 363 g/mol. The van der Waals surface area contributed by atoms with Crippen molar-refractivity contribution in [3.8, 4) is 5.75 Å². The predicted molar refractivity (Wildman–Crippen MR) is 95.3 cm³/mol. The molecule has 1 aromatic heterocycles. The van der Waals surface area contributed by atoms with E-state index in [9.17, 15) is 9.59 Å². The zero-order chi connectivity index (χ0) is 18.6. The minimum Gasteiger partial charge on any atom is -0.483 e. The summed E-state index contributed by atoms with van der Waals surface area (Å²) in [7, 11) is 1.24. The molecule has 8 heteroatoms. The van der Waals surface area contributed by atoms with Crippen LogP contribution in [0.15, 0.2) is 18.2 Å². The Labute approximate surface area is 150 Å². The van der Waals surface area contributed by atoms with Gasteiger partial charge in [0, 0.05) is 11.5 Å². The molecule has 0 fully saturated rings. The lowest BCUT2D eigenvalue weighted by atomic mass is 9.85. The Morgan fingerprint density at radius 3 is 2.64 bits per heavy atom. The molecule has 0 atom stereocenters. The predicted octanol–water partition coefficient (Wildman–Crippen LogP) is 2.95. The molecule has 25 heavy (non-hydrogen) atoms. The minimum absolute atomic E-state index is 0.0859. The first kappa shape index (κ1) is 18.9. The molecule has 0 saturated heterocycles. The quantitative estimate of drug-likeness (QED) is 0.822. The summed E-state index contributed by atoms with van der Waals surface area (Å²) in [5.74, 6) is -0.450. The van der Waals surface area contributed by atoms with Gasteiger partial charge in [0.2, 0.25) is 5.13 Å². The Balaban J connectivity index is 2.01. The Bertz CT molecular complexity index is 780. The summed E-state index contributed by atoms with van der Waals surface area (Å²) in [6, 6.07) is 5.86. The number of benzene rings is 1. The highest BCUT2D eigenvalue weighted by molar-refractivity contribution is 7.10. The second kappa shape index (κ2) is 7.60. The number of anilines is 1. The number of nitrogens with zero attached hydrogens (tertiary/aromatic N) is 2. The molecule has 0 radical (unpaired) electrons. The Kier molecular flexibility index (Phi) is 5.73. The summed E-state index contributed by atoms with van der Waals surface area (Å²) in [6.45, 7) is 8.11. The van der Waals surface area contributed by atoms with Gasteiger partial charge in [0.15, 0.2) is 6.61 Å². The van der Waals surface area contributed by atoms with Crippen LogP contribution in [0.3, 0.4) is 0 Å². The van der Waals surface area contributed by atoms with Gasteiger partial charge in [-0.2, -0.15) is 9.36 Å². The largest absolute Gasteiger partial charge is 0.483 e. The van der Waals surface area contributed by atoms with E-state index in [1.54, 1.807) is 0 Å². The van der Waals surface area contributed by atoms with E-state index in [1.807, 2.05) is 19.1 Å². The van der Waals surface area contributed by atoms with Crippen molar-refractivity contribution in [2.45, 2.75) is 33.1 Å². The van der Waals surface area contributed by atoms with Crippen LogP contribution in [0.25, 0.3) is 0 Å². The van der Waals surface area contributed by atoms with Crippen LogP contribution in [0, 0.1) is 6.92 Å². The monoisotopic (exact) mass is 363 g/mol. The van der Waals surface area contributed by atoms with Crippen molar-refractivity contribution in [2.75, 3.05) is 19.0 Å². The number of methoxy groups -OCH3 is 1. The molecule has 0 spiro atoms. The van der Waals surface area contributed by atoms with E-state index in [0.29, 0.717) is 5.75 Å². The highest BCUT2D eigenvalue weighted by Crippen LogP contribution is 2.32. The highest BCUT2D eigenvalue weighted by atomic mass is 32.1. The number of hydrogen-bond donors (Lipinski definition) is 1. The lowest BCUT2D eigenvalue weighted by Gasteiger charge is -2.23. The number of aromatic nitrogens is 2. The molecule has 0 unspecified atom stereocenters. The van der Waals surface area contributed by atoms with Crippen LogP contribution in [0.4, 0.5) is 5.13 Å². The SMILES string of the molecule is COC(=O)c1nsc(NC(=O)COc2ccc(C)cc2C(C)(C)C)n1. The van der Waals surface area contributed by atoms with E-state index in [4.69, 9.17) is 4.74 Å². The molecule has 0 aliphatic heterocycles. The summed E-state index contributed by atoms with van der Waals surface area (Å²) in [4.78, 5) is 27.2. The first-order chi connectivity index (χ1) is 11.7. The van der Waals surface area contributed by atoms with Crippen molar-refractivity contribution in [1.29, 1.82) is 0 Å². The first-order valence-electron chi connectivity index (χ1n) is 7.66. The fourth-order valence-electron chi connectivity index (χ4n) is 2.10. The molecular formula is C17H21N3O4S.